The molecule has 0 saturated carbocycles. The standard InChI is InChI=1S/C16H22N2O/c1-4-16(5-2,14-9-7-6-8-10-14)15(19)13-11-17-18(3)12-13/h6-12,15,19H,4-5H2,1-3H3. The predicted molar refractivity (Wildman–Crippen MR) is 76.9 cm³/mol. The molecule has 1 aromatic carbocycles. The van der Waals surface area contributed by atoms with Crippen LogP contribution in [0.4, 0.5) is 0 Å². The van der Waals surface area contributed by atoms with Crippen molar-refractivity contribution in [3.05, 3.63) is 53.9 Å². The molecule has 3 heteroatoms. The van der Waals surface area contributed by atoms with Gasteiger partial charge >= 0.3 is 0 Å². The normalized spacial score (nSPS) is 13.5. The Hall–Kier alpha value is -1.61. The van der Waals surface area contributed by atoms with Crippen molar-refractivity contribution in [3.63, 3.8) is 0 Å². The molecule has 0 spiro atoms. The highest BCUT2D eigenvalue weighted by Gasteiger charge is 2.37. The van der Waals surface area contributed by atoms with Gasteiger partial charge in [0.05, 0.1) is 12.3 Å². The Labute approximate surface area is 114 Å². The number of benzene rings is 1. The highest BCUT2D eigenvalue weighted by atomic mass is 16.3. The Bertz CT molecular complexity index is 515. The molecule has 0 radical (unpaired) electrons. The fourth-order valence-corrected chi connectivity index (χ4v) is 2.87. The Balaban J connectivity index is 2.45. The third-order valence-electron chi connectivity index (χ3n) is 4.17. The largest absolute Gasteiger partial charge is 0.387 e. The van der Waals surface area contributed by atoms with Gasteiger partial charge in [0.15, 0.2) is 0 Å². The third-order valence-corrected chi connectivity index (χ3v) is 4.17. The van der Waals surface area contributed by atoms with Crippen molar-refractivity contribution < 1.29 is 5.11 Å². The highest BCUT2D eigenvalue weighted by Crippen LogP contribution is 2.42. The van der Waals surface area contributed by atoms with Crippen LogP contribution < -0.4 is 0 Å². The van der Waals surface area contributed by atoms with E-state index in [-0.39, 0.29) is 5.41 Å². The minimum atomic E-state index is -0.529. The van der Waals surface area contributed by atoms with Gasteiger partial charge in [-0.05, 0) is 18.4 Å². The van der Waals surface area contributed by atoms with Gasteiger partial charge in [0.1, 0.15) is 0 Å². The first-order valence-corrected chi connectivity index (χ1v) is 6.86. The summed E-state index contributed by atoms with van der Waals surface area (Å²) < 4.78 is 1.74. The van der Waals surface area contributed by atoms with Crippen LogP contribution in [0.1, 0.15) is 43.9 Å². The van der Waals surface area contributed by atoms with Crippen LogP contribution in [0.2, 0.25) is 0 Å². The summed E-state index contributed by atoms with van der Waals surface area (Å²) in [4.78, 5) is 0. The van der Waals surface area contributed by atoms with Crippen molar-refractivity contribution >= 4 is 0 Å². The minimum absolute atomic E-state index is 0.246. The molecular formula is C16H22N2O. The van der Waals surface area contributed by atoms with Crippen molar-refractivity contribution in [1.29, 1.82) is 0 Å². The predicted octanol–water partition coefficient (Wildman–Crippen LogP) is 3.21. The second kappa shape index (κ2) is 5.57. The van der Waals surface area contributed by atoms with E-state index in [9.17, 15) is 5.11 Å². The molecule has 0 saturated heterocycles. The molecule has 19 heavy (non-hydrogen) atoms. The monoisotopic (exact) mass is 258 g/mol. The second-order valence-electron chi connectivity index (χ2n) is 5.08. The average molecular weight is 258 g/mol. The fourth-order valence-electron chi connectivity index (χ4n) is 2.87. The lowest BCUT2D eigenvalue weighted by Gasteiger charge is -2.37. The van der Waals surface area contributed by atoms with Gasteiger partial charge < -0.3 is 5.11 Å². The molecule has 0 aliphatic heterocycles. The van der Waals surface area contributed by atoms with Gasteiger partial charge in [0.2, 0.25) is 0 Å². The van der Waals surface area contributed by atoms with E-state index in [0.717, 1.165) is 18.4 Å². The molecule has 0 aliphatic rings. The molecule has 0 aliphatic carbocycles. The van der Waals surface area contributed by atoms with E-state index in [4.69, 9.17) is 0 Å². The summed E-state index contributed by atoms with van der Waals surface area (Å²) in [5, 5.41) is 15.0. The smallest absolute Gasteiger partial charge is 0.0916 e. The molecule has 2 aromatic rings. The first-order valence-electron chi connectivity index (χ1n) is 6.86. The lowest BCUT2D eigenvalue weighted by atomic mass is 9.70. The number of aryl methyl sites for hydroxylation is 1. The van der Waals surface area contributed by atoms with Gasteiger partial charge in [-0.1, -0.05) is 44.2 Å². The zero-order valence-electron chi connectivity index (χ0n) is 11.9. The summed E-state index contributed by atoms with van der Waals surface area (Å²) >= 11 is 0. The molecule has 1 N–H and O–H groups in total. The number of aromatic nitrogens is 2. The third kappa shape index (κ3) is 2.43. The fraction of sp³-hybridized carbons (Fsp3) is 0.438. The summed E-state index contributed by atoms with van der Waals surface area (Å²) in [6.07, 6.45) is 4.91. The van der Waals surface area contributed by atoms with Crippen LogP contribution in [0.15, 0.2) is 42.7 Å². The van der Waals surface area contributed by atoms with Gasteiger partial charge in [0.25, 0.3) is 0 Å². The van der Waals surface area contributed by atoms with E-state index in [2.05, 4.69) is 31.1 Å². The maximum absolute atomic E-state index is 10.8. The SMILES string of the molecule is CCC(CC)(c1ccccc1)C(O)c1cnn(C)c1. The summed E-state index contributed by atoms with van der Waals surface area (Å²) in [6.45, 7) is 4.27. The van der Waals surface area contributed by atoms with Crippen molar-refractivity contribution in [2.75, 3.05) is 0 Å². The lowest BCUT2D eigenvalue weighted by molar-refractivity contribution is 0.0727. The summed E-state index contributed by atoms with van der Waals surface area (Å²) in [5.74, 6) is 0. The van der Waals surface area contributed by atoms with Gasteiger partial charge in [0, 0.05) is 24.2 Å². The number of hydrogen-bond donors (Lipinski definition) is 1. The van der Waals surface area contributed by atoms with Gasteiger partial charge in [-0.15, -0.1) is 0 Å². The summed E-state index contributed by atoms with van der Waals surface area (Å²) in [6, 6.07) is 10.3. The van der Waals surface area contributed by atoms with Crippen molar-refractivity contribution in [1.82, 2.24) is 9.78 Å². The molecule has 1 unspecified atom stereocenters. The van der Waals surface area contributed by atoms with Crippen LogP contribution >= 0.6 is 0 Å². The summed E-state index contributed by atoms with van der Waals surface area (Å²) in [7, 11) is 1.87. The molecular weight excluding hydrogens is 236 g/mol. The molecule has 0 bridgehead atoms. The van der Waals surface area contributed by atoms with Crippen LogP contribution in [-0.2, 0) is 12.5 Å². The van der Waals surface area contributed by atoms with Crippen molar-refractivity contribution in [2.24, 2.45) is 7.05 Å². The van der Waals surface area contributed by atoms with E-state index in [0.29, 0.717) is 0 Å². The molecule has 2 rings (SSSR count). The zero-order valence-corrected chi connectivity index (χ0v) is 11.9. The molecule has 1 heterocycles. The van der Waals surface area contributed by atoms with E-state index >= 15 is 0 Å². The first-order chi connectivity index (χ1) is 9.14. The Morgan fingerprint density at radius 3 is 2.32 bits per heavy atom. The second-order valence-corrected chi connectivity index (χ2v) is 5.08. The van der Waals surface area contributed by atoms with Crippen LogP contribution in [0.5, 0.6) is 0 Å². The molecule has 0 amide bonds. The van der Waals surface area contributed by atoms with Gasteiger partial charge in [-0.25, -0.2) is 0 Å². The van der Waals surface area contributed by atoms with E-state index in [1.54, 1.807) is 10.9 Å². The summed E-state index contributed by atoms with van der Waals surface area (Å²) in [5.41, 5.74) is 1.83. The Kier molecular flexibility index (Phi) is 4.05. The molecule has 0 fully saturated rings. The van der Waals surface area contributed by atoms with Crippen molar-refractivity contribution in [3.8, 4) is 0 Å². The topological polar surface area (TPSA) is 38.1 Å². The van der Waals surface area contributed by atoms with E-state index in [1.165, 1.54) is 5.56 Å². The number of rotatable bonds is 5. The van der Waals surface area contributed by atoms with Gasteiger partial charge in [-0.2, -0.15) is 5.10 Å². The number of aliphatic hydroxyl groups excluding tert-OH is 1. The maximum Gasteiger partial charge on any atom is 0.0916 e. The molecule has 1 aromatic heterocycles. The quantitative estimate of drug-likeness (QED) is 0.894. The number of aliphatic hydroxyl groups is 1. The Morgan fingerprint density at radius 2 is 1.84 bits per heavy atom. The maximum atomic E-state index is 10.8. The number of nitrogens with zero attached hydrogens (tertiary/aromatic N) is 2. The van der Waals surface area contributed by atoms with Crippen molar-refractivity contribution in [2.45, 2.75) is 38.2 Å². The first kappa shape index (κ1) is 13.8. The zero-order chi connectivity index (χ0) is 13.9. The Morgan fingerprint density at radius 1 is 1.21 bits per heavy atom. The average Bonchev–Trinajstić information content (AvgIpc) is 2.88. The number of hydrogen-bond acceptors (Lipinski definition) is 2. The van der Waals surface area contributed by atoms with Gasteiger partial charge in [-0.3, -0.25) is 4.68 Å². The minimum Gasteiger partial charge on any atom is -0.387 e. The van der Waals surface area contributed by atoms with Crippen LogP contribution in [0, 0.1) is 0 Å². The highest BCUT2D eigenvalue weighted by molar-refractivity contribution is 5.30. The van der Waals surface area contributed by atoms with E-state index in [1.807, 2.05) is 31.4 Å². The molecule has 3 nitrogen and oxygen atoms in total. The lowest BCUT2D eigenvalue weighted by Crippen LogP contribution is -2.32. The van der Waals surface area contributed by atoms with Crippen LogP contribution in [0.25, 0.3) is 0 Å². The van der Waals surface area contributed by atoms with Crippen LogP contribution in [0.3, 0.4) is 0 Å². The molecule has 1 atom stereocenters. The van der Waals surface area contributed by atoms with Crippen LogP contribution in [-0.4, -0.2) is 14.9 Å². The van der Waals surface area contributed by atoms with E-state index < -0.39 is 6.10 Å². The molecule has 102 valence electrons.